The number of nitrogens with two attached hydrogens (primary N) is 1. The third-order valence-electron chi connectivity index (χ3n) is 3.04. The van der Waals surface area contributed by atoms with Gasteiger partial charge in [0.25, 0.3) is 5.91 Å². The van der Waals surface area contributed by atoms with Crippen molar-refractivity contribution in [1.29, 1.82) is 0 Å². The Morgan fingerprint density at radius 2 is 2.41 bits per heavy atom. The van der Waals surface area contributed by atoms with Crippen molar-refractivity contribution in [3.05, 3.63) is 16.1 Å². The zero-order valence-corrected chi connectivity index (χ0v) is 10.7. The van der Waals surface area contributed by atoms with Crippen LogP contribution in [0.3, 0.4) is 0 Å². The van der Waals surface area contributed by atoms with Gasteiger partial charge in [-0.25, -0.2) is 4.98 Å². The van der Waals surface area contributed by atoms with Gasteiger partial charge in [0.2, 0.25) is 0 Å². The molecule has 0 bridgehead atoms. The summed E-state index contributed by atoms with van der Waals surface area (Å²) in [4.78, 5) is 17.8. The van der Waals surface area contributed by atoms with Gasteiger partial charge >= 0.3 is 0 Å². The second-order valence-electron chi connectivity index (χ2n) is 4.40. The Hall–Kier alpha value is -0.980. The molecular formula is C11H17N3O2S. The van der Waals surface area contributed by atoms with Crippen LogP contribution < -0.4 is 5.73 Å². The Bertz CT molecular complexity index is 413. The van der Waals surface area contributed by atoms with E-state index >= 15 is 0 Å². The molecular weight excluding hydrogens is 238 g/mol. The molecule has 0 radical (unpaired) electrons. The molecule has 0 spiro atoms. The van der Waals surface area contributed by atoms with E-state index in [0.29, 0.717) is 38.2 Å². The zero-order valence-electron chi connectivity index (χ0n) is 9.85. The molecule has 1 amide bonds. The van der Waals surface area contributed by atoms with Crippen LogP contribution in [-0.2, 0) is 6.42 Å². The molecule has 5 nitrogen and oxygen atoms in total. The van der Waals surface area contributed by atoms with Gasteiger partial charge in [0.15, 0.2) is 0 Å². The third kappa shape index (κ3) is 2.48. The fourth-order valence-corrected chi connectivity index (χ4v) is 2.63. The number of hydrogen-bond acceptors (Lipinski definition) is 5. The molecule has 1 fully saturated rings. The van der Waals surface area contributed by atoms with Crippen LogP contribution in [0.4, 0.5) is 0 Å². The van der Waals surface area contributed by atoms with E-state index in [2.05, 4.69) is 4.98 Å². The van der Waals surface area contributed by atoms with Crippen LogP contribution in [-0.4, -0.2) is 46.1 Å². The van der Waals surface area contributed by atoms with Crippen LogP contribution in [0.5, 0.6) is 0 Å². The minimum atomic E-state index is -0.689. The van der Waals surface area contributed by atoms with E-state index in [4.69, 9.17) is 5.73 Å². The summed E-state index contributed by atoms with van der Waals surface area (Å²) in [6.45, 7) is 3.28. The molecule has 2 rings (SSSR count). The first-order chi connectivity index (χ1) is 8.08. The molecule has 1 aromatic rings. The lowest BCUT2D eigenvalue weighted by atomic mass is 9.91. The molecule has 1 saturated heterocycles. The summed E-state index contributed by atoms with van der Waals surface area (Å²) >= 11 is 1.46. The Balaban J connectivity index is 1.96. The van der Waals surface area contributed by atoms with Gasteiger partial charge < -0.3 is 15.7 Å². The zero-order chi connectivity index (χ0) is 12.5. The molecule has 1 aliphatic heterocycles. The number of aromatic nitrogens is 1. The highest BCUT2D eigenvalue weighted by Crippen LogP contribution is 2.26. The summed E-state index contributed by atoms with van der Waals surface area (Å²) in [5.74, 6) is -0.0948. The molecule has 0 aromatic carbocycles. The smallest absolute Gasteiger partial charge is 0.273 e. The number of thiazole rings is 1. The first-order valence-corrected chi connectivity index (χ1v) is 6.62. The third-order valence-corrected chi connectivity index (χ3v) is 3.95. The van der Waals surface area contributed by atoms with Crippen molar-refractivity contribution >= 4 is 17.2 Å². The molecule has 94 valence electrons. The van der Waals surface area contributed by atoms with E-state index in [9.17, 15) is 9.90 Å². The Kier molecular flexibility index (Phi) is 3.46. The minimum Gasteiger partial charge on any atom is -0.386 e. The van der Waals surface area contributed by atoms with Gasteiger partial charge in [0.05, 0.1) is 23.7 Å². The summed E-state index contributed by atoms with van der Waals surface area (Å²) in [6, 6.07) is 0. The molecule has 6 heteroatoms. The van der Waals surface area contributed by atoms with E-state index in [0.717, 1.165) is 5.01 Å². The van der Waals surface area contributed by atoms with E-state index in [-0.39, 0.29) is 5.91 Å². The highest BCUT2D eigenvalue weighted by Gasteiger charge is 2.42. The van der Waals surface area contributed by atoms with Gasteiger partial charge in [0.1, 0.15) is 5.69 Å². The van der Waals surface area contributed by atoms with Crippen molar-refractivity contribution in [2.45, 2.75) is 25.4 Å². The number of hydrogen-bond donors (Lipinski definition) is 2. The van der Waals surface area contributed by atoms with Gasteiger partial charge in [-0.05, 0) is 13.0 Å². The van der Waals surface area contributed by atoms with Crippen molar-refractivity contribution in [2.75, 3.05) is 19.6 Å². The van der Waals surface area contributed by atoms with Crippen LogP contribution in [0.15, 0.2) is 5.38 Å². The highest BCUT2D eigenvalue weighted by atomic mass is 32.1. The van der Waals surface area contributed by atoms with Crippen molar-refractivity contribution in [1.82, 2.24) is 9.88 Å². The van der Waals surface area contributed by atoms with Gasteiger partial charge in [-0.2, -0.15) is 0 Å². The predicted octanol–water partition coefficient (Wildman–Crippen LogP) is 0.241. The summed E-state index contributed by atoms with van der Waals surface area (Å²) in [5, 5.41) is 12.5. The van der Waals surface area contributed by atoms with Gasteiger partial charge in [0, 0.05) is 11.8 Å². The first kappa shape index (κ1) is 12.5. The normalized spacial score (nSPS) is 17.9. The van der Waals surface area contributed by atoms with Crippen molar-refractivity contribution in [3.8, 4) is 0 Å². The molecule has 0 atom stereocenters. The first-order valence-electron chi connectivity index (χ1n) is 5.74. The molecule has 0 aliphatic carbocycles. The Morgan fingerprint density at radius 1 is 1.71 bits per heavy atom. The van der Waals surface area contributed by atoms with Gasteiger partial charge in [-0.3, -0.25) is 4.79 Å². The predicted molar refractivity (Wildman–Crippen MR) is 66.0 cm³/mol. The lowest BCUT2D eigenvalue weighted by Gasteiger charge is -2.45. The van der Waals surface area contributed by atoms with Crippen LogP contribution >= 0.6 is 11.3 Å². The Morgan fingerprint density at radius 3 is 3.00 bits per heavy atom. The van der Waals surface area contributed by atoms with Crippen molar-refractivity contribution in [3.63, 3.8) is 0 Å². The standard InChI is InChI=1S/C11H17N3O2S/c1-2-11(16)6-14(7-11)10(15)8-5-17-9(13-8)3-4-12/h5,16H,2-4,6-7,12H2,1H3. The topological polar surface area (TPSA) is 79.5 Å². The van der Waals surface area contributed by atoms with Crippen molar-refractivity contribution < 1.29 is 9.90 Å². The monoisotopic (exact) mass is 255 g/mol. The molecule has 2 heterocycles. The number of nitrogens with zero attached hydrogens (tertiary/aromatic N) is 2. The van der Waals surface area contributed by atoms with Crippen LogP contribution in [0.1, 0.15) is 28.8 Å². The number of amides is 1. The Labute approximate surface area is 104 Å². The highest BCUT2D eigenvalue weighted by molar-refractivity contribution is 7.09. The number of β-amino-alcohol motifs (C(OH)–C–C–N with tert-alkyl or cyclic N) is 1. The van der Waals surface area contributed by atoms with E-state index in [1.165, 1.54) is 11.3 Å². The number of rotatable bonds is 4. The summed E-state index contributed by atoms with van der Waals surface area (Å²) in [7, 11) is 0. The SMILES string of the molecule is CCC1(O)CN(C(=O)c2csc(CCN)n2)C1. The molecule has 3 N–H and O–H groups in total. The number of carbonyl (C=O) groups excluding carboxylic acids is 1. The maximum atomic E-state index is 12.0. The fraction of sp³-hybridized carbons (Fsp3) is 0.636. The van der Waals surface area contributed by atoms with Gasteiger partial charge in [-0.15, -0.1) is 11.3 Å². The molecule has 1 aromatic heterocycles. The maximum Gasteiger partial charge on any atom is 0.273 e. The quantitative estimate of drug-likeness (QED) is 0.808. The lowest BCUT2D eigenvalue weighted by Crippen LogP contribution is -2.63. The molecule has 0 unspecified atom stereocenters. The second kappa shape index (κ2) is 4.72. The molecule has 0 saturated carbocycles. The summed E-state index contributed by atoms with van der Waals surface area (Å²) in [6.07, 6.45) is 1.38. The molecule has 1 aliphatic rings. The number of aliphatic hydroxyl groups is 1. The largest absolute Gasteiger partial charge is 0.386 e. The average Bonchev–Trinajstić information content (AvgIpc) is 2.73. The van der Waals surface area contributed by atoms with Gasteiger partial charge in [-0.1, -0.05) is 6.92 Å². The van der Waals surface area contributed by atoms with E-state index in [1.807, 2.05) is 6.92 Å². The average molecular weight is 255 g/mol. The lowest BCUT2D eigenvalue weighted by molar-refractivity contribution is -0.0828. The second-order valence-corrected chi connectivity index (χ2v) is 5.35. The molecule has 17 heavy (non-hydrogen) atoms. The van der Waals surface area contributed by atoms with Crippen LogP contribution in [0, 0.1) is 0 Å². The summed E-state index contributed by atoms with van der Waals surface area (Å²) < 4.78 is 0. The number of likely N-dealkylation sites (tertiary alicyclic amines) is 1. The summed E-state index contributed by atoms with van der Waals surface area (Å²) in [5.41, 5.74) is 5.22. The van der Waals surface area contributed by atoms with E-state index < -0.39 is 5.60 Å². The van der Waals surface area contributed by atoms with E-state index in [1.54, 1.807) is 10.3 Å². The van der Waals surface area contributed by atoms with Crippen LogP contribution in [0.2, 0.25) is 0 Å². The minimum absolute atomic E-state index is 0.0948. The maximum absolute atomic E-state index is 12.0. The fourth-order valence-electron chi connectivity index (χ4n) is 1.84. The van der Waals surface area contributed by atoms with Crippen LogP contribution in [0.25, 0.3) is 0 Å². The number of carbonyl (C=O) groups is 1. The van der Waals surface area contributed by atoms with Crippen molar-refractivity contribution in [2.24, 2.45) is 5.73 Å².